The Morgan fingerprint density at radius 1 is 1.42 bits per heavy atom. The smallest absolute Gasteiger partial charge is 0.237 e. The Labute approximate surface area is 115 Å². The first-order valence-electron chi connectivity index (χ1n) is 6.10. The number of hydrogen-bond donors (Lipinski definition) is 3. The molecule has 4 N–H and O–H groups in total. The quantitative estimate of drug-likeness (QED) is 0.621. The number of carbonyl (C=O) groups excluding carboxylic acids is 1. The summed E-state index contributed by atoms with van der Waals surface area (Å²) in [7, 11) is -0.831. The van der Waals surface area contributed by atoms with Crippen LogP contribution in [-0.4, -0.2) is 39.8 Å². The summed E-state index contributed by atoms with van der Waals surface area (Å²) in [4.78, 5) is 11.7. The molecule has 0 aliphatic carbocycles. The van der Waals surface area contributed by atoms with Crippen molar-refractivity contribution >= 4 is 16.7 Å². The first-order valence-corrected chi connectivity index (χ1v) is 7.83. The van der Waals surface area contributed by atoms with Gasteiger partial charge in [0.25, 0.3) is 0 Å². The summed E-state index contributed by atoms with van der Waals surface area (Å²) in [5.74, 6) is 0.553. The molecule has 5 nitrogen and oxygen atoms in total. The van der Waals surface area contributed by atoms with Crippen LogP contribution in [0, 0.1) is 0 Å². The van der Waals surface area contributed by atoms with Crippen molar-refractivity contribution < 1.29 is 14.1 Å². The molecule has 19 heavy (non-hydrogen) atoms. The Bertz CT molecular complexity index is 434. The molecular formula is C13H20N2O3S. The predicted molar refractivity (Wildman–Crippen MR) is 76.3 cm³/mol. The maximum atomic E-state index is 11.7. The lowest BCUT2D eigenvalue weighted by molar-refractivity contribution is -0.122. The van der Waals surface area contributed by atoms with Gasteiger partial charge in [-0.25, -0.2) is 0 Å². The van der Waals surface area contributed by atoms with Gasteiger partial charge in [0.05, 0.1) is 6.04 Å². The lowest BCUT2D eigenvalue weighted by Gasteiger charge is -2.12. The van der Waals surface area contributed by atoms with Crippen LogP contribution in [0.25, 0.3) is 0 Å². The Kier molecular flexibility index (Phi) is 6.52. The van der Waals surface area contributed by atoms with Crippen LogP contribution in [0.15, 0.2) is 24.3 Å². The maximum absolute atomic E-state index is 11.7. The predicted octanol–water partition coefficient (Wildman–Crippen LogP) is 0.147. The highest BCUT2D eigenvalue weighted by molar-refractivity contribution is 7.84. The van der Waals surface area contributed by atoms with Gasteiger partial charge in [-0.3, -0.25) is 9.00 Å². The fraction of sp³-hybridized carbons (Fsp3) is 0.462. The molecular weight excluding hydrogens is 264 g/mol. The third-order valence-electron chi connectivity index (χ3n) is 2.64. The number of aromatic hydroxyl groups is 1. The molecule has 0 aliphatic heterocycles. The van der Waals surface area contributed by atoms with E-state index in [1.54, 1.807) is 30.5 Å². The van der Waals surface area contributed by atoms with E-state index in [0.29, 0.717) is 25.1 Å². The molecule has 1 rings (SSSR count). The van der Waals surface area contributed by atoms with E-state index >= 15 is 0 Å². The van der Waals surface area contributed by atoms with Crippen LogP contribution in [0.3, 0.4) is 0 Å². The van der Waals surface area contributed by atoms with Gasteiger partial charge in [-0.15, -0.1) is 0 Å². The van der Waals surface area contributed by atoms with E-state index in [-0.39, 0.29) is 11.7 Å². The molecule has 1 aromatic rings. The van der Waals surface area contributed by atoms with Gasteiger partial charge in [-0.05, 0) is 30.5 Å². The van der Waals surface area contributed by atoms with Crippen molar-refractivity contribution in [2.75, 3.05) is 18.6 Å². The molecule has 0 heterocycles. The highest BCUT2D eigenvalue weighted by Crippen LogP contribution is 2.10. The van der Waals surface area contributed by atoms with Crippen LogP contribution in [0.5, 0.6) is 5.75 Å². The Morgan fingerprint density at radius 3 is 2.63 bits per heavy atom. The molecule has 1 unspecified atom stereocenters. The van der Waals surface area contributed by atoms with Gasteiger partial charge in [0.1, 0.15) is 5.75 Å². The standard InChI is InChI=1S/C13H20N2O3S/c1-19(18)8-2-7-15-13(17)12(14)9-10-3-5-11(16)6-4-10/h3-6,12,16H,2,7-9,14H2,1H3,(H,15,17)/t12-,19?/m0/s1. The summed E-state index contributed by atoms with van der Waals surface area (Å²) in [6, 6.07) is 6.00. The summed E-state index contributed by atoms with van der Waals surface area (Å²) in [5, 5.41) is 11.9. The molecule has 0 saturated carbocycles. The Hall–Kier alpha value is -1.40. The topological polar surface area (TPSA) is 92.4 Å². The van der Waals surface area contributed by atoms with Crippen molar-refractivity contribution in [1.29, 1.82) is 0 Å². The lowest BCUT2D eigenvalue weighted by Crippen LogP contribution is -2.42. The second-order valence-corrected chi connectivity index (χ2v) is 5.95. The lowest BCUT2D eigenvalue weighted by atomic mass is 10.1. The van der Waals surface area contributed by atoms with E-state index in [1.165, 1.54) is 0 Å². The van der Waals surface area contributed by atoms with E-state index in [0.717, 1.165) is 5.56 Å². The van der Waals surface area contributed by atoms with Crippen LogP contribution < -0.4 is 11.1 Å². The number of benzene rings is 1. The minimum Gasteiger partial charge on any atom is -0.508 e. The van der Waals surface area contributed by atoms with Gasteiger partial charge in [-0.2, -0.15) is 0 Å². The van der Waals surface area contributed by atoms with Gasteiger partial charge in [0.2, 0.25) is 5.91 Å². The molecule has 0 radical (unpaired) electrons. The number of rotatable bonds is 7. The van der Waals surface area contributed by atoms with E-state index < -0.39 is 16.8 Å². The average molecular weight is 284 g/mol. The third-order valence-corrected chi connectivity index (χ3v) is 3.50. The van der Waals surface area contributed by atoms with E-state index in [4.69, 9.17) is 10.8 Å². The van der Waals surface area contributed by atoms with Crippen LogP contribution >= 0.6 is 0 Å². The molecule has 0 spiro atoms. The molecule has 0 aliphatic rings. The second kappa shape index (κ2) is 7.91. The Morgan fingerprint density at radius 2 is 2.05 bits per heavy atom. The normalized spacial score (nSPS) is 13.8. The van der Waals surface area contributed by atoms with Crippen molar-refractivity contribution in [3.63, 3.8) is 0 Å². The average Bonchev–Trinajstić information content (AvgIpc) is 2.36. The van der Waals surface area contributed by atoms with E-state index in [1.807, 2.05) is 0 Å². The van der Waals surface area contributed by atoms with Crippen molar-refractivity contribution in [3.05, 3.63) is 29.8 Å². The molecule has 0 saturated heterocycles. The number of phenolic OH excluding ortho intramolecular Hbond substituents is 1. The van der Waals surface area contributed by atoms with E-state index in [9.17, 15) is 9.00 Å². The van der Waals surface area contributed by atoms with Gasteiger partial charge in [0, 0.05) is 29.4 Å². The summed E-state index contributed by atoms with van der Waals surface area (Å²) >= 11 is 0. The minimum atomic E-state index is -0.831. The highest BCUT2D eigenvalue weighted by atomic mass is 32.2. The largest absolute Gasteiger partial charge is 0.508 e. The number of amides is 1. The number of nitrogens with one attached hydrogen (secondary N) is 1. The number of hydrogen-bond acceptors (Lipinski definition) is 4. The van der Waals surface area contributed by atoms with Crippen molar-refractivity contribution in [3.8, 4) is 5.75 Å². The summed E-state index contributed by atoms with van der Waals surface area (Å²) in [6.07, 6.45) is 2.74. The van der Waals surface area contributed by atoms with Crippen LogP contribution in [0.1, 0.15) is 12.0 Å². The van der Waals surface area contributed by atoms with Gasteiger partial charge in [0.15, 0.2) is 0 Å². The van der Waals surface area contributed by atoms with Gasteiger partial charge in [-0.1, -0.05) is 12.1 Å². The number of carbonyl (C=O) groups is 1. The van der Waals surface area contributed by atoms with Crippen molar-refractivity contribution in [1.82, 2.24) is 5.32 Å². The zero-order valence-electron chi connectivity index (χ0n) is 11.0. The first-order chi connectivity index (χ1) is 8.99. The molecule has 1 aromatic carbocycles. The van der Waals surface area contributed by atoms with Crippen LogP contribution in [0.2, 0.25) is 0 Å². The van der Waals surface area contributed by atoms with Gasteiger partial charge >= 0.3 is 0 Å². The monoisotopic (exact) mass is 284 g/mol. The van der Waals surface area contributed by atoms with Crippen LogP contribution in [-0.2, 0) is 22.0 Å². The van der Waals surface area contributed by atoms with Crippen molar-refractivity contribution in [2.24, 2.45) is 5.73 Å². The molecule has 0 aromatic heterocycles. The van der Waals surface area contributed by atoms with Gasteiger partial charge < -0.3 is 16.2 Å². The van der Waals surface area contributed by atoms with Crippen molar-refractivity contribution in [2.45, 2.75) is 18.9 Å². The molecule has 0 bridgehead atoms. The van der Waals surface area contributed by atoms with Crippen LogP contribution in [0.4, 0.5) is 0 Å². The minimum absolute atomic E-state index is 0.189. The number of phenols is 1. The molecule has 0 fully saturated rings. The first kappa shape index (κ1) is 15.7. The molecule has 106 valence electrons. The fourth-order valence-electron chi connectivity index (χ4n) is 1.60. The summed E-state index contributed by atoms with van der Waals surface area (Å²) in [6.45, 7) is 0.488. The number of nitrogens with two attached hydrogens (primary N) is 1. The molecule has 1 amide bonds. The maximum Gasteiger partial charge on any atom is 0.237 e. The second-order valence-electron chi connectivity index (χ2n) is 4.40. The zero-order chi connectivity index (χ0) is 14.3. The third kappa shape index (κ3) is 6.35. The molecule has 2 atom stereocenters. The zero-order valence-corrected chi connectivity index (χ0v) is 11.8. The Balaban J connectivity index is 2.32. The summed E-state index contributed by atoms with van der Waals surface area (Å²) < 4.78 is 10.8. The highest BCUT2D eigenvalue weighted by Gasteiger charge is 2.13. The summed E-state index contributed by atoms with van der Waals surface area (Å²) in [5.41, 5.74) is 6.69. The SMILES string of the molecule is CS(=O)CCCNC(=O)[C@@H](N)Cc1ccc(O)cc1. The molecule has 6 heteroatoms. The van der Waals surface area contributed by atoms with E-state index in [2.05, 4.69) is 5.32 Å². The fourth-order valence-corrected chi connectivity index (χ4v) is 2.15.